The number of rotatable bonds is 6. The van der Waals surface area contributed by atoms with E-state index in [1.54, 1.807) is 11.1 Å². The maximum atomic E-state index is 5.64. The molecular formula is C17H25NO. The van der Waals surface area contributed by atoms with E-state index in [-0.39, 0.29) is 0 Å². The van der Waals surface area contributed by atoms with Crippen molar-refractivity contribution in [1.82, 2.24) is 4.90 Å². The van der Waals surface area contributed by atoms with E-state index >= 15 is 0 Å². The Kier molecular flexibility index (Phi) is 4.19. The lowest BCUT2D eigenvalue weighted by molar-refractivity contribution is 0.0997. The maximum Gasteiger partial charge on any atom is 0.0593 e. The highest BCUT2D eigenvalue weighted by molar-refractivity contribution is 5.39. The van der Waals surface area contributed by atoms with Crippen LogP contribution in [-0.4, -0.2) is 31.2 Å². The predicted octanol–water partition coefficient (Wildman–Crippen LogP) is 3.35. The molecule has 0 bridgehead atoms. The monoisotopic (exact) mass is 259 g/mol. The highest BCUT2D eigenvalue weighted by atomic mass is 16.5. The summed E-state index contributed by atoms with van der Waals surface area (Å²) in [4.78, 5) is 2.61. The second kappa shape index (κ2) is 6.06. The molecule has 1 aromatic carbocycles. The summed E-state index contributed by atoms with van der Waals surface area (Å²) in [6, 6.07) is 7.79. The molecule has 2 aliphatic rings. The Morgan fingerprint density at radius 2 is 2.11 bits per heavy atom. The Morgan fingerprint density at radius 3 is 2.84 bits per heavy atom. The number of ether oxygens (including phenoxy) is 1. The van der Waals surface area contributed by atoms with E-state index in [1.165, 1.54) is 37.8 Å². The van der Waals surface area contributed by atoms with Crippen molar-refractivity contribution in [3.63, 3.8) is 0 Å². The number of fused-ring (bicyclic) bond motifs is 1. The van der Waals surface area contributed by atoms with Crippen molar-refractivity contribution in [1.29, 1.82) is 0 Å². The molecular weight excluding hydrogens is 234 g/mol. The molecule has 0 saturated carbocycles. The lowest BCUT2D eigenvalue weighted by atomic mass is 9.86. The molecule has 2 heteroatoms. The normalized spacial score (nSPS) is 22.3. The summed E-state index contributed by atoms with van der Waals surface area (Å²) < 4.78 is 5.64. The molecule has 3 rings (SSSR count). The summed E-state index contributed by atoms with van der Waals surface area (Å²) in [6.07, 6.45) is 6.33. The third-order valence-electron chi connectivity index (χ3n) is 4.51. The first-order valence-electron chi connectivity index (χ1n) is 7.82. The van der Waals surface area contributed by atoms with Crippen LogP contribution in [0.15, 0.2) is 18.2 Å². The lowest BCUT2D eigenvalue weighted by Gasteiger charge is -2.27. The third kappa shape index (κ3) is 2.85. The van der Waals surface area contributed by atoms with Crippen LogP contribution in [0.1, 0.15) is 48.9 Å². The minimum Gasteiger partial charge on any atom is -0.380 e. The standard InChI is InChI=1S/C17H25NO/c1-2-11-19-12-10-18-9-3-4-17(18)16-8-6-14-5-7-15(14)13-16/h6,8,13,17H,2-5,7,9-12H2,1H3. The molecule has 1 atom stereocenters. The van der Waals surface area contributed by atoms with Gasteiger partial charge in [0.2, 0.25) is 0 Å². The van der Waals surface area contributed by atoms with Crippen LogP contribution in [0, 0.1) is 0 Å². The average molecular weight is 259 g/mol. The Hall–Kier alpha value is -0.860. The maximum absolute atomic E-state index is 5.64. The van der Waals surface area contributed by atoms with E-state index in [4.69, 9.17) is 4.74 Å². The molecule has 1 heterocycles. The molecule has 1 aromatic rings. The van der Waals surface area contributed by atoms with Gasteiger partial charge in [-0.25, -0.2) is 0 Å². The predicted molar refractivity (Wildman–Crippen MR) is 78.5 cm³/mol. The summed E-state index contributed by atoms with van der Waals surface area (Å²) in [5, 5.41) is 0. The van der Waals surface area contributed by atoms with Crippen molar-refractivity contribution in [2.24, 2.45) is 0 Å². The van der Waals surface area contributed by atoms with E-state index in [0.29, 0.717) is 6.04 Å². The van der Waals surface area contributed by atoms with Crippen LogP contribution in [0.5, 0.6) is 0 Å². The Morgan fingerprint density at radius 1 is 1.21 bits per heavy atom. The van der Waals surface area contributed by atoms with Crippen molar-refractivity contribution in [2.45, 2.75) is 45.1 Å². The van der Waals surface area contributed by atoms with Crippen molar-refractivity contribution in [3.05, 3.63) is 34.9 Å². The Balaban J connectivity index is 1.60. The van der Waals surface area contributed by atoms with Gasteiger partial charge in [0.1, 0.15) is 0 Å². The van der Waals surface area contributed by atoms with Crippen LogP contribution >= 0.6 is 0 Å². The fourth-order valence-electron chi connectivity index (χ4n) is 3.32. The topological polar surface area (TPSA) is 12.5 Å². The molecule has 104 valence electrons. The number of likely N-dealkylation sites (tertiary alicyclic amines) is 1. The number of aryl methyl sites for hydroxylation is 2. The molecule has 19 heavy (non-hydrogen) atoms. The lowest BCUT2D eigenvalue weighted by Crippen LogP contribution is -2.27. The first-order chi connectivity index (χ1) is 9.38. The van der Waals surface area contributed by atoms with E-state index in [9.17, 15) is 0 Å². The molecule has 1 saturated heterocycles. The van der Waals surface area contributed by atoms with Crippen molar-refractivity contribution < 1.29 is 4.74 Å². The number of hydrogen-bond donors (Lipinski definition) is 0. The summed E-state index contributed by atoms with van der Waals surface area (Å²) in [5.41, 5.74) is 4.69. The highest BCUT2D eigenvalue weighted by Crippen LogP contribution is 2.34. The largest absolute Gasteiger partial charge is 0.380 e. The van der Waals surface area contributed by atoms with Gasteiger partial charge in [-0.3, -0.25) is 4.90 Å². The summed E-state index contributed by atoms with van der Waals surface area (Å²) >= 11 is 0. The van der Waals surface area contributed by atoms with Gasteiger partial charge in [-0.15, -0.1) is 0 Å². The molecule has 0 radical (unpaired) electrons. The number of benzene rings is 1. The zero-order valence-corrected chi connectivity index (χ0v) is 12.0. The molecule has 1 aliphatic carbocycles. The van der Waals surface area contributed by atoms with E-state index < -0.39 is 0 Å². The van der Waals surface area contributed by atoms with Crippen LogP contribution in [0.2, 0.25) is 0 Å². The van der Waals surface area contributed by atoms with Gasteiger partial charge in [-0.2, -0.15) is 0 Å². The molecule has 0 aromatic heterocycles. The van der Waals surface area contributed by atoms with E-state index in [2.05, 4.69) is 30.0 Å². The van der Waals surface area contributed by atoms with Crippen LogP contribution in [0.4, 0.5) is 0 Å². The number of nitrogens with zero attached hydrogens (tertiary/aromatic N) is 1. The molecule has 0 spiro atoms. The quantitative estimate of drug-likeness (QED) is 0.726. The minimum absolute atomic E-state index is 0.635. The van der Waals surface area contributed by atoms with Gasteiger partial charge in [0, 0.05) is 19.2 Å². The SMILES string of the molecule is CCCOCCN1CCCC1c1ccc2c(c1)CC2. The molecule has 0 N–H and O–H groups in total. The molecule has 0 amide bonds. The first kappa shape index (κ1) is 13.1. The zero-order valence-electron chi connectivity index (χ0n) is 12.0. The fourth-order valence-corrected chi connectivity index (χ4v) is 3.32. The second-order valence-electron chi connectivity index (χ2n) is 5.83. The molecule has 2 nitrogen and oxygen atoms in total. The number of hydrogen-bond acceptors (Lipinski definition) is 2. The molecule has 1 fully saturated rings. The van der Waals surface area contributed by atoms with E-state index in [1.807, 2.05) is 0 Å². The molecule has 1 aliphatic heterocycles. The summed E-state index contributed by atoms with van der Waals surface area (Å²) in [6.45, 7) is 6.27. The zero-order chi connectivity index (χ0) is 13.1. The average Bonchev–Trinajstić information content (AvgIpc) is 2.85. The van der Waals surface area contributed by atoms with Gasteiger partial charge in [0.15, 0.2) is 0 Å². The van der Waals surface area contributed by atoms with Gasteiger partial charge >= 0.3 is 0 Å². The van der Waals surface area contributed by atoms with Crippen LogP contribution in [-0.2, 0) is 17.6 Å². The Labute approximate surface area is 116 Å². The third-order valence-corrected chi connectivity index (χ3v) is 4.51. The highest BCUT2D eigenvalue weighted by Gasteiger charge is 2.26. The van der Waals surface area contributed by atoms with Crippen molar-refractivity contribution >= 4 is 0 Å². The van der Waals surface area contributed by atoms with Crippen molar-refractivity contribution in [2.75, 3.05) is 26.3 Å². The minimum atomic E-state index is 0.635. The first-order valence-corrected chi connectivity index (χ1v) is 7.82. The van der Waals surface area contributed by atoms with Crippen LogP contribution < -0.4 is 0 Å². The summed E-state index contributed by atoms with van der Waals surface area (Å²) in [7, 11) is 0. The molecule has 1 unspecified atom stereocenters. The van der Waals surface area contributed by atoms with Crippen molar-refractivity contribution in [3.8, 4) is 0 Å². The smallest absolute Gasteiger partial charge is 0.0593 e. The van der Waals surface area contributed by atoms with E-state index in [0.717, 1.165) is 26.2 Å². The van der Waals surface area contributed by atoms with Gasteiger partial charge in [0.05, 0.1) is 6.61 Å². The van der Waals surface area contributed by atoms with Gasteiger partial charge in [-0.1, -0.05) is 25.1 Å². The van der Waals surface area contributed by atoms with Gasteiger partial charge in [0.25, 0.3) is 0 Å². The van der Waals surface area contributed by atoms with Gasteiger partial charge in [-0.05, 0) is 55.3 Å². The fraction of sp³-hybridized carbons (Fsp3) is 0.647. The second-order valence-corrected chi connectivity index (χ2v) is 5.83. The summed E-state index contributed by atoms with van der Waals surface area (Å²) in [5.74, 6) is 0. The van der Waals surface area contributed by atoms with Crippen LogP contribution in [0.3, 0.4) is 0 Å². The van der Waals surface area contributed by atoms with Gasteiger partial charge < -0.3 is 4.74 Å². The Bertz CT molecular complexity index is 429. The van der Waals surface area contributed by atoms with Crippen LogP contribution in [0.25, 0.3) is 0 Å².